The molecule has 9 nitrogen and oxygen atoms in total. The van der Waals surface area contributed by atoms with Gasteiger partial charge in [-0.1, -0.05) is 36.4 Å². The first-order valence-corrected chi connectivity index (χ1v) is 10.1. The molecule has 166 valence electrons. The second-order valence-corrected chi connectivity index (χ2v) is 7.64. The Bertz CT molecular complexity index is 1020. The van der Waals surface area contributed by atoms with Gasteiger partial charge in [-0.3, -0.25) is 9.59 Å². The summed E-state index contributed by atoms with van der Waals surface area (Å²) in [5, 5.41) is 23.0. The third-order valence-corrected chi connectivity index (χ3v) is 5.52. The zero-order valence-electron chi connectivity index (χ0n) is 17.3. The topological polar surface area (TPSA) is 155 Å². The zero-order chi connectivity index (χ0) is 23.1. The van der Waals surface area contributed by atoms with Crippen molar-refractivity contribution in [2.45, 2.75) is 30.8 Å². The van der Waals surface area contributed by atoms with Crippen molar-refractivity contribution in [3.63, 3.8) is 0 Å². The Hall–Kier alpha value is -3.90. The summed E-state index contributed by atoms with van der Waals surface area (Å²) in [4.78, 5) is 36.2. The molecule has 2 aromatic carbocycles. The molecule has 0 aromatic heterocycles. The smallest absolute Gasteiger partial charge is 0.405 e. The predicted molar refractivity (Wildman–Crippen MR) is 115 cm³/mol. The molecule has 9 heteroatoms. The Morgan fingerprint density at radius 2 is 1.62 bits per heavy atom. The summed E-state index contributed by atoms with van der Waals surface area (Å²) in [6.07, 6.45) is -0.837. The Labute approximate surface area is 185 Å². The van der Waals surface area contributed by atoms with Crippen LogP contribution in [-0.2, 0) is 20.7 Å². The van der Waals surface area contributed by atoms with Crippen LogP contribution >= 0.6 is 0 Å². The first kappa shape index (κ1) is 22.8. The number of carbonyl (C=O) groups excluding carboxylic acids is 2. The number of nitrogens with one attached hydrogen (secondary N) is 2. The maximum Gasteiger partial charge on any atom is 0.405 e. The molecule has 3 rings (SSSR count). The van der Waals surface area contributed by atoms with E-state index in [1.54, 1.807) is 12.1 Å². The summed E-state index contributed by atoms with van der Waals surface area (Å²) in [5.74, 6) is -1.31. The molecule has 0 bridgehead atoms. The number of ether oxygens (including phenoxy) is 1. The third kappa shape index (κ3) is 5.42. The molecule has 5 N–H and O–H groups in total. The molecule has 1 fully saturated rings. The molecule has 0 saturated carbocycles. The molecule has 2 aromatic rings. The molecule has 32 heavy (non-hydrogen) atoms. The van der Waals surface area contributed by atoms with Crippen LogP contribution in [0.1, 0.15) is 24.0 Å². The molecule has 1 saturated heterocycles. The van der Waals surface area contributed by atoms with Crippen LogP contribution in [0, 0.1) is 11.3 Å². The number of carbonyl (C=O) groups is 3. The van der Waals surface area contributed by atoms with Gasteiger partial charge in [0.05, 0.1) is 11.6 Å². The van der Waals surface area contributed by atoms with Gasteiger partial charge >= 0.3 is 6.09 Å². The lowest BCUT2D eigenvalue weighted by Crippen LogP contribution is -2.63. The number of benzene rings is 2. The van der Waals surface area contributed by atoms with E-state index in [4.69, 9.17) is 20.8 Å². The van der Waals surface area contributed by atoms with Crippen LogP contribution in [-0.4, -0.2) is 47.8 Å². The molecule has 1 unspecified atom stereocenters. The van der Waals surface area contributed by atoms with Crippen LogP contribution in [0.3, 0.4) is 0 Å². The van der Waals surface area contributed by atoms with Gasteiger partial charge in [-0.05, 0) is 28.8 Å². The first-order valence-electron chi connectivity index (χ1n) is 10.1. The Morgan fingerprint density at radius 3 is 2.12 bits per heavy atom. The molecule has 0 radical (unpaired) electrons. The van der Waals surface area contributed by atoms with Gasteiger partial charge in [-0.25, -0.2) is 4.79 Å². The largest absolute Gasteiger partial charge is 0.465 e. The normalized spacial score (nSPS) is 15.7. The van der Waals surface area contributed by atoms with Crippen molar-refractivity contribution in [1.82, 2.24) is 10.6 Å². The van der Waals surface area contributed by atoms with Gasteiger partial charge < -0.3 is 26.2 Å². The Balaban J connectivity index is 1.72. The fourth-order valence-corrected chi connectivity index (χ4v) is 3.66. The van der Waals surface area contributed by atoms with Crippen molar-refractivity contribution in [2.75, 3.05) is 13.2 Å². The molecular formula is C23H24N4O5. The van der Waals surface area contributed by atoms with Crippen LogP contribution in [0.25, 0.3) is 11.1 Å². The van der Waals surface area contributed by atoms with Crippen LogP contribution in [0.5, 0.6) is 0 Å². The number of nitrogens with zero attached hydrogens (tertiary/aromatic N) is 1. The number of nitrogens with two attached hydrogens (primary N) is 1. The molecule has 0 spiro atoms. The second-order valence-electron chi connectivity index (χ2n) is 7.64. The summed E-state index contributed by atoms with van der Waals surface area (Å²) < 4.78 is 5.24. The fourth-order valence-electron chi connectivity index (χ4n) is 3.66. The van der Waals surface area contributed by atoms with E-state index in [1.165, 1.54) is 0 Å². The third-order valence-electron chi connectivity index (χ3n) is 5.52. The highest BCUT2D eigenvalue weighted by Crippen LogP contribution is 2.23. The van der Waals surface area contributed by atoms with Crippen LogP contribution in [0.15, 0.2) is 48.5 Å². The van der Waals surface area contributed by atoms with Crippen molar-refractivity contribution in [2.24, 2.45) is 5.73 Å². The molecule has 0 aliphatic carbocycles. The zero-order valence-corrected chi connectivity index (χ0v) is 17.3. The Morgan fingerprint density at radius 1 is 1.06 bits per heavy atom. The average Bonchev–Trinajstić information content (AvgIpc) is 2.79. The van der Waals surface area contributed by atoms with Crippen molar-refractivity contribution in [3.8, 4) is 17.2 Å². The molecule has 1 aliphatic rings. The highest BCUT2D eigenvalue weighted by molar-refractivity contribution is 5.93. The van der Waals surface area contributed by atoms with Crippen molar-refractivity contribution >= 4 is 17.9 Å². The minimum absolute atomic E-state index is 0.161. The lowest BCUT2D eigenvalue weighted by atomic mass is 9.88. The monoisotopic (exact) mass is 436 g/mol. The van der Waals surface area contributed by atoms with Crippen LogP contribution in [0.4, 0.5) is 4.79 Å². The minimum atomic E-state index is -1.36. The summed E-state index contributed by atoms with van der Waals surface area (Å²) in [6.45, 7) is 0.456. The first-order chi connectivity index (χ1) is 15.3. The number of carboxylic acid groups (broad SMARTS) is 1. The van der Waals surface area contributed by atoms with Crippen molar-refractivity contribution in [1.29, 1.82) is 5.26 Å². The number of rotatable bonds is 7. The Kier molecular flexibility index (Phi) is 7.07. The predicted octanol–water partition coefficient (Wildman–Crippen LogP) is 1.55. The summed E-state index contributed by atoms with van der Waals surface area (Å²) in [5.41, 5.74) is 7.38. The SMILES string of the molecule is N#Cc1ccc(-c2ccc(CC(NC(=O)C3(NC(=O)O)CCOCC3)C(N)=O)cc2)cc1. The molecule has 1 aliphatic heterocycles. The van der Waals surface area contributed by atoms with Crippen molar-refractivity contribution in [3.05, 3.63) is 59.7 Å². The van der Waals surface area contributed by atoms with E-state index in [0.717, 1.165) is 16.7 Å². The highest BCUT2D eigenvalue weighted by atomic mass is 16.5. The summed E-state index contributed by atoms with van der Waals surface area (Å²) in [6, 6.07) is 15.7. The van der Waals surface area contributed by atoms with E-state index in [2.05, 4.69) is 16.7 Å². The number of nitriles is 1. The summed E-state index contributed by atoms with van der Waals surface area (Å²) >= 11 is 0. The second kappa shape index (κ2) is 9.94. The van der Waals surface area contributed by atoms with Gasteiger partial charge in [0.2, 0.25) is 11.8 Å². The van der Waals surface area contributed by atoms with E-state index in [-0.39, 0.29) is 32.5 Å². The van der Waals surface area contributed by atoms with Gasteiger partial charge in [0, 0.05) is 32.5 Å². The van der Waals surface area contributed by atoms with E-state index >= 15 is 0 Å². The lowest BCUT2D eigenvalue weighted by Gasteiger charge is -2.36. The maximum atomic E-state index is 12.9. The van der Waals surface area contributed by atoms with Gasteiger partial charge in [0.1, 0.15) is 11.6 Å². The highest BCUT2D eigenvalue weighted by Gasteiger charge is 2.42. The molecule has 3 amide bonds. The summed E-state index contributed by atoms with van der Waals surface area (Å²) in [7, 11) is 0. The van der Waals surface area contributed by atoms with Crippen LogP contribution < -0.4 is 16.4 Å². The standard InChI is InChI=1S/C23H24N4O5/c24-14-16-3-7-18(8-4-16)17-5-1-15(2-6-17)13-19(20(25)28)26-21(29)23(27-22(30)31)9-11-32-12-10-23/h1-8,19,27H,9-13H2,(H2,25,28)(H,26,29)(H,30,31). The fraction of sp³-hybridized carbons (Fsp3) is 0.304. The van der Waals surface area contributed by atoms with Gasteiger partial charge in [-0.15, -0.1) is 0 Å². The van der Waals surface area contributed by atoms with E-state index in [0.29, 0.717) is 5.56 Å². The lowest BCUT2D eigenvalue weighted by molar-refractivity contribution is -0.134. The quantitative estimate of drug-likeness (QED) is 0.516. The van der Waals surface area contributed by atoms with Gasteiger partial charge in [0.15, 0.2) is 0 Å². The number of hydrogen-bond donors (Lipinski definition) is 4. The van der Waals surface area contributed by atoms with Crippen LogP contribution in [0.2, 0.25) is 0 Å². The number of amides is 3. The van der Waals surface area contributed by atoms with E-state index in [9.17, 15) is 14.4 Å². The van der Waals surface area contributed by atoms with E-state index in [1.807, 2.05) is 36.4 Å². The maximum absolute atomic E-state index is 12.9. The minimum Gasteiger partial charge on any atom is -0.465 e. The number of hydrogen-bond acceptors (Lipinski definition) is 5. The number of primary amides is 1. The molecule has 1 heterocycles. The molecule has 1 atom stereocenters. The van der Waals surface area contributed by atoms with Gasteiger partial charge in [0.25, 0.3) is 0 Å². The van der Waals surface area contributed by atoms with E-state index < -0.39 is 29.5 Å². The van der Waals surface area contributed by atoms with Gasteiger partial charge in [-0.2, -0.15) is 5.26 Å². The average molecular weight is 436 g/mol. The van der Waals surface area contributed by atoms with Crippen molar-refractivity contribution < 1.29 is 24.2 Å². The molecular weight excluding hydrogens is 412 g/mol.